The van der Waals surface area contributed by atoms with Gasteiger partial charge < -0.3 is 11.1 Å². The van der Waals surface area contributed by atoms with Crippen molar-refractivity contribution in [2.45, 2.75) is 6.43 Å². The molecule has 0 fully saturated rings. The molecule has 0 amide bonds. The van der Waals surface area contributed by atoms with Gasteiger partial charge in [0.2, 0.25) is 0 Å². The third kappa shape index (κ3) is 2.82. The van der Waals surface area contributed by atoms with E-state index in [1.165, 1.54) is 20.3 Å². The number of halogens is 3. The lowest BCUT2D eigenvalue weighted by atomic mass is 10.00. The van der Waals surface area contributed by atoms with Crippen LogP contribution in [0.2, 0.25) is 0 Å². The molecule has 98 valence electrons. The highest BCUT2D eigenvalue weighted by Crippen LogP contribution is 2.31. The molecule has 1 aromatic carbocycles. The van der Waals surface area contributed by atoms with Gasteiger partial charge in [-0.05, 0) is 17.7 Å². The van der Waals surface area contributed by atoms with Crippen LogP contribution in [0.1, 0.15) is 17.6 Å². The second-order valence-corrected chi connectivity index (χ2v) is 3.48. The Morgan fingerprint density at radius 2 is 2.11 bits per heavy atom. The Labute approximate surface area is 103 Å². The van der Waals surface area contributed by atoms with Crippen LogP contribution in [0.3, 0.4) is 0 Å². The molecule has 0 bridgehead atoms. The average Bonchev–Trinajstić information content (AvgIpc) is 2.35. The Morgan fingerprint density at radius 1 is 1.44 bits per heavy atom. The second kappa shape index (κ2) is 6.09. The van der Waals surface area contributed by atoms with Crippen LogP contribution in [0, 0.1) is 5.82 Å². The summed E-state index contributed by atoms with van der Waals surface area (Å²) in [6.07, 6.45) is -0.306. The number of alkyl halides is 2. The summed E-state index contributed by atoms with van der Waals surface area (Å²) in [6, 6.07) is 2.09. The van der Waals surface area contributed by atoms with Crippen LogP contribution >= 0.6 is 0 Å². The Morgan fingerprint density at radius 3 is 2.56 bits per heavy atom. The lowest BCUT2D eigenvalue weighted by molar-refractivity contribution is 0.151. The van der Waals surface area contributed by atoms with Gasteiger partial charge in [-0.2, -0.15) is 0 Å². The van der Waals surface area contributed by atoms with E-state index >= 15 is 0 Å². The Balaban J connectivity index is 3.46. The van der Waals surface area contributed by atoms with Crippen molar-refractivity contribution in [1.29, 1.82) is 0 Å². The Kier molecular flexibility index (Phi) is 4.76. The smallest absolute Gasteiger partial charge is 0.264 e. The zero-order chi connectivity index (χ0) is 13.7. The Hall–Kier alpha value is -1.98. The van der Waals surface area contributed by atoms with Gasteiger partial charge in [-0.15, -0.1) is 0 Å². The topological polar surface area (TPSA) is 50.4 Å². The van der Waals surface area contributed by atoms with E-state index in [1.807, 2.05) is 0 Å². The molecule has 3 N–H and O–H groups in total. The molecule has 1 rings (SSSR count). The van der Waals surface area contributed by atoms with E-state index in [0.717, 1.165) is 18.3 Å². The fourth-order valence-corrected chi connectivity index (χ4v) is 1.55. The quantitative estimate of drug-likeness (QED) is 0.815. The zero-order valence-electron chi connectivity index (χ0n) is 10.0. The van der Waals surface area contributed by atoms with E-state index in [-0.39, 0.29) is 22.4 Å². The monoisotopic (exact) mass is 257 g/mol. The lowest BCUT2D eigenvalue weighted by Crippen LogP contribution is -2.02. The van der Waals surface area contributed by atoms with Crippen LogP contribution < -0.4 is 11.1 Å². The molecule has 6 heteroatoms. The van der Waals surface area contributed by atoms with Crippen molar-refractivity contribution >= 4 is 17.5 Å². The normalized spacial score (nSPS) is 12.4. The van der Waals surface area contributed by atoms with Gasteiger partial charge in [0.25, 0.3) is 6.43 Å². The van der Waals surface area contributed by atoms with Crippen LogP contribution in [0.15, 0.2) is 23.3 Å². The molecule has 0 unspecified atom stereocenters. The highest BCUT2D eigenvalue weighted by atomic mass is 19.3. The first-order valence-corrected chi connectivity index (χ1v) is 5.18. The SMILES string of the molecule is CN=CC(=CN)c1cc(F)c(NC)cc1C(F)F. The molecule has 0 saturated carbocycles. The summed E-state index contributed by atoms with van der Waals surface area (Å²) in [6.45, 7) is 0. The molecule has 18 heavy (non-hydrogen) atoms. The minimum atomic E-state index is -2.73. The molecule has 0 saturated heterocycles. The van der Waals surface area contributed by atoms with Crippen LogP contribution in [-0.2, 0) is 0 Å². The average molecular weight is 257 g/mol. The highest BCUT2D eigenvalue weighted by molar-refractivity contribution is 6.10. The van der Waals surface area contributed by atoms with Crippen molar-refractivity contribution < 1.29 is 13.2 Å². The first kappa shape index (κ1) is 14.1. The number of aliphatic imine (C=N–C) groups is 1. The maximum absolute atomic E-state index is 13.6. The summed E-state index contributed by atoms with van der Waals surface area (Å²) in [5.41, 5.74) is 5.34. The van der Waals surface area contributed by atoms with Crippen molar-refractivity contribution in [3.8, 4) is 0 Å². The molecular weight excluding hydrogens is 243 g/mol. The van der Waals surface area contributed by atoms with E-state index < -0.39 is 12.2 Å². The molecule has 0 aliphatic carbocycles. The second-order valence-electron chi connectivity index (χ2n) is 3.48. The third-order valence-electron chi connectivity index (χ3n) is 2.40. The van der Waals surface area contributed by atoms with Crippen molar-refractivity contribution in [3.05, 3.63) is 35.3 Å². The number of allylic oxidation sites excluding steroid dienone is 1. The molecule has 0 atom stereocenters. The number of nitrogens with one attached hydrogen (secondary N) is 1. The number of hydrogen-bond donors (Lipinski definition) is 2. The molecule has 0 heterocycles. The predicted octanol–water partition coefficient (Wildman–Crippen LogP) is 2.81. The summed E-state index contributed by atoms with van der Waals surface area (Å²) in [5, 5.41) is 2.51. The van der Waals surface area contributed by atoms with Crippen LogP contribution in [0.4, 0.5) is 18.9 Å². The van der Waals surface area contributed by atoms with Crippen molar-refractivity contribution in [2.24, 2.45) is 10.7 Å². The third-order valence-corrected chi connectivity index (χ3v) is 2.40. The van der Waals surface area contributed by atoms with Gasteiger partial charge in [0.05, 0.1) is 5.69 Å². The molecule has 0 aliphatic heterocycles. The van der Waals surface area contributed by atoms with E-state index in [2.05, 4.69) is 10.3 Å². The molecule has 0 radical (unpaired) electrons. The minimum absolute atomic E-state index is 0.0128. The van der Waals surface area contributed by atoms with Crippen molar-refractivity contribution in [1.82, 2.24) is 0 Å². The van der Waals surface area contributed by atoms with Gasteiger partial charge in [0.1, 0.15) is 5.82 Å². The Bertz CT molecular complexity index is 482. The summed E-state index contributed by atoms with van der Waals surface area (Å²) in [7, 11) is 2.93. The molecule has 0 aliphatic rings. The number of nitrogens with zero attached hydrogens (tertiary/aromatic N) is 1. The highest BCUT2D eigenvalue weighted by Gasteiger charge is 2.18. The minimum Gasteiger partial charge on any atom is -0.404 e. The number of nitrogens with two attached hydrogens (primary N) is 1. The lowest BCUT2D eigenvalue weighted by Gasteiger charge is -2.12. The predicted molar refractivity (Wildman–Crippen MR) is 67.5 cm³/mol. The van der Waals surface area contributed by atoms with Gasteiger partial charge in [-0.1, -0.05) is 0 Å². The van der Waals surface area contributed by atoms with Gasteiger partial charge in [-0.3, -0.25) is 4.99 Å². The van der Waals surface area contributed by atoms with Crippen LogP contribution in [0.5, 0.6) is 0 Å². The first-order valence-electron chi connectivity index (χ1n) is 5.18. The fourth-order valence-electron chi connectivity index (χ4n) is 1.55. The van der Waals surface area contributed by atoms with Crippen LogP contribution in [0.25, 0.3) is 5.57 Å². The largest absolute Gasteiger partial charge is 0.404 e. The molecule has 3 nitrogen and oxygen atoms in total. The first-order chi connectivity index (χ1) is 8.54. The van der Waals surface area contributed by atoms with Gasteiger partial charge >= 0.3 is 0 Å². The zero-order valence-corrected chi connectivity index (χ0v) is 10.0. The number of rotatable bonds is 4. The van der Waals surface area contributed by atoms with Gasteiger partial charge in [0, 0.05) is 37.6 Å². The summed E-state index contributed by atoms with van der Waals surface area (Å²) in [5.74, 6) is -0.624. The molecule has 1 aromatic rings. The maximum Gasteiger partial charge on any atom is 0.264 e. The standard InChI is InChI=1S/C12H14F3N3/c1-17-6-7(5-16)8-3-10(13)11(18-2)4-9(8)12(14)15/h3-6,12,18H,16H2,1-2H3. The number of anilines is 1. The maximum atomic E-state index is 13.6. The summed E-state index contributed by atoms with van der Waals surface area (Å²) in [4.78, 5) is 3.70. The summed E-state index contributed by atoms with van der Waals surface area (Å²) < 4.78 is 39.5. The molecule has 0 aromatic heterocycles. The van der Waals surface area contributed by atoms with E-state index in [9.17, 15) is 13.2 Å². The van der Waals surface area contributed by atoms with Gasteiger partial charge in [0.15, 0.2) is 0 Å². The fraction of sp³-hybridized carbons (Fsp3) is 0.250. The van der Waals surface area contributed by atoms with E-state index in [0.29, 0.717) is 0 Å². The van der Waals surface area contributed by atoms with Gasteiger partial charge in [-0.25, -0.2) is 13.2 Å². The number of hydrogen-bond acceptors (Lipinski definition) is 3. The van der Waals surface area contributed by atoms with Crippen molar-refractivity contribution in [3.63, 3.8) is 0 Å². The summed E-state index contributed by atoms with van der Waals surface area (Å²) >= 11 is 0. The molecule has 0 spiro atoms. The van der Waals surface area contributed by atoms with Crippen LogP contribution in [-0.4, -0.2) is 20.3 Å². The van der Waals surface area contributed by atoms with E-state index in [1.54, 1.807) is 0 Å². The van der Waals surface area contributed by atoms with Crippen molar-refractivity contribution in [2.75, 3.05) is 19.4 Å². The molecular formula is C12H14F3N3. The number of benzene rings is 1. The van der Waals surface area contributed by atoms with E-state index in [4.69, 9.17) is 5.73 Å².